The highest BCUT2D eigenvalue weighted by Gasteiger charge is 2.27. The summed E-state index contributed by atoms with van der Waals surface area (Å²) in [6.45, 7) is 7.14. The molecule has 3 aromatic carbocycles. The molecule has 38 heavy (non-hydrogen) atoms. The molecule has 198 valence electrons. The summed E-state index contributed by atoms with van der Waals surface area (Å²) in [4.78, 5) is 34.4. The van der Waals surface area contributed by atoms with Gasteiger partial charge in [-0.1, -0.05) is 55.3 Å². The maximum Gasteiger partial charge on any atom is 0.266 e. The number of para-hydroxylation sites is 1. The summed E-state index contributed by atoms with van der Waals surface area (Å²) in [5.41, 5.74) is 4.15. The van der Waals surface area contributed by atoms with Gasteiger partial charge in [-0.3, -0.25) is 14.2 Å². The number of carbonyl (C=O) groups excluding carboxylic acids is 1. The van der Waals surface area contributed by atoms with Gasteiger partial charge < -0.3 is 9.64 Å². The van der Waals surface area contributed by atoms with Crippen LogP contribution in [0.25, 0.3) is 16.6 Å². The van der Waals surface area contributed by atoms with E-state index in [0.717, 1.165) is 30.5 Å². The average Bonchev–Trinajstić information content (AvgIpc) is 2.94. The molecule has 0 fully saturated rings. The zero-order valence-corrected chi connectivity index (χ0v) is 22.8. The van der Waals surface area contributed by atoms with E-state index in [4.69, 9.17) is 9.72 Å². The van der Waals surface area contributed by atoms with Crippen LogP contribution >= 0.6 is 0 Å². The molecule has 0 spiro atoms. The van der Waals surface area contributed by atoms with Gasteiger partial charge in [-0.2, -0.15) is 0 Å². The normalized spacial score (nSPS) is 12.0. The molecular weight excluding hydrogens is 474 g/mol. The predicted molar refractivity (Wildman–Crippen MR) is 153 cm³/mol. The largest absolute Gasteiger partial charge is 0.385 e. The molecule has 0 aliphatic carbocycles. The van der Waals surface area contributed by atoms with Crippen LogP contribution in [0.1, 0.15) is 66.5 Å². The summed E-state index contributed by atoms with van der Waals surface area (Å²) in [5.74, 6) is 0.441. The number of aromatic nitrogens is 2. The van der Waals surface area contributed by atoms with Gasteiger partial charge in [0.05, 0.1) is 22.6 Å². The van der Waals surface area contributed by atoms with Crippen LogP contribution in [-0.4, -0.2) is 40.6 Å². The molecule has 1 aromatic heterocycles. The van der Waals surface area contributed by atoms with E-state index >= 15 is 0 Å². The highest BCUT2D eigenvalue weighted by molar-refractivity contribution is 5.94. The predicted octanol–water partition coefficient (Wildman–Crippen LogP) is 6.28. The summed E-state index contributed by atoms with van der Waals surface area (Å²) in [7, 11) is 1.66. The summed E-state index contributed by atoms with van der Waals surface area (Å²) in [6, 6.07) is 22.6. The highest BCUT2D eigenvalue weighted by Crippen LogP contribution is 2.25. The summed E-state index contributed by atoms with van der Waals surface area (Å²) >= 11 is 0. The van der Waals surface area contributed by atoms with Crippen LogP contribution in [0.3, 0.4) is 0 Å². The van der Waals surface area contributed by atoms with Gasteiger partial charge in [0.2, 0.25) is 0 Å². The molecule has 1 amide bonds. The SMILES string of the molecule is CCCCc1ccc(C(=O)N(CCCOC)C(C)c2nc3ccccc3c(=O)n2-c2ccc(C)cc2)cc1. The molecule has 0 saturated carbocycles. The molecule has 4 rings (SSSR count). The fourth-order valence-corrected chi connectivity index (χ4v) is 4.72. The van der Waals surface area contributed by atoms with E-state index in [9.17, 15) is 9.59 Å². The molecular formula is C32H37N3O3. The van der Waals surface area contributed by atoms with E-state index in [0.29, 0.717) is 41.9 Å². The minimum absolute atomic E-state index is 0.0893. The number of methoxy groups -OCH3 is 1. The quantitative estimate of drug-likeness (QED) is 0.222. The summed E-state index contributed by atoms with van der Waals surface area (Å²) in [5, 5.41) is 0.545. The standard InChI is InChI=1S/C32H37N3O3/c1-5-6-10-25-15-17-26(18-16-25)31(36)34(21-9-22-38-4)24(3)30-33-29-12-8-7-11-28(29)32(37)35(30)27-19-13-23(2)14-20-27/h7-8,11-20,24H,5-6,9-10,21-22H2,1-4H3. The van der Waals surface area contributed by atoms with Crippen LogP contribution in [-0.2, 0) is 11.2 Å². The first-order chi connectivity index (χ1) is 18.4. The lowest BCUT2D eigenvalue weighted by atomic mass is 10.0. The topological polar surface area (TPSA) is 64.4 Å². The van der Waals surface area contributed by atoms with Crippen molar-refractivity contribution in [3.63, 3.8) is 0 Å². The van der Waals surface area contributed by atoms with Crippen LogP contribution in [0.2, 0.25) is 0 Å². The molecule has 0 bridgehead atoms. The smallest absolute Gasteiger partial charge is 0.266 e. The van der Waals surface area contributed by atoms with Crippen molar-refractivity contribution in [1.29, 1.82) is 0 Å². The van der Waals surface area contributed by atoms with Gasteiger partial charge in [0.1, 0.15) is 5.82 Å². The third kappa shape index (κ3) is 6.03. The fourth-order valence-electron chi connectivity index (χ4n) is 4.72. The number of benzene rings is 3. The molecule has 0 N–H and O–H groups in total. The molecule has 4 aromatic rings. The van der Waals surface area contributed by atoms with Gasteiger partial charge in [-0.15, -0.1) is 0 Å². The van der Waals surface area contributed by atoms with Crippen LogP contribution in [0, 0.1) is 6.92 Å². The maximum absolute atomic E-state index is 13.9. The van der Waals surface area contributed by atoms with Crippen LogP contribution in [0.5, 0.6) is 0 Å². The number of rotatable bonds is 11. The van der Waals surface area contributed by atoms with Gasteiger partial charge >= 0.3 is 0 Å². The Bertz CT molecular complexity index is 1430. The molecule has 0 saturated heterocycles. The molecule has 0 aliphatic heterocycles. The Morgan fingerprint density at radius 1 is 1.00 bits per heavy atom. The minimum atomic E-state index is -0.460. The summed E-state index contributed by atoms with van der Waals surface area (Å²) in [6.07, 6.45) is 3.93. The van der Waals surface area contributed by atoms with E-state index in [-0.39, 0.29) is 11.5 Å². The number of hydrogen-bond acceptors (Lipinski definition) is 4. The third-order valence-electron chi connectivity index (χ3n) is 6.96. The zero-order chi connectivity index (χ0) is 27.1. The second kappa shape index (κ2) is 12.7. The lowest BCUT2D eigenvalue weighted by Crippen LogP contribution is -2.38. The van der Waals surface area contributed by atoms with Crippen LogP contribution < -0.4 is 5.56 Å². The molecule has 6 nitrogen and oxygen atoms in total. The molecule has 0 radical (unpaired) electrons. The van der Waals surface area contributed by atoms with Crippen molar-refractivity contribution in [3.8, 4) is 5.69 Å². The minimum Gasteiger partial charge on any atom is -0.385 e. The van der Waals surface area contributed by atoms with Crippen molar-refractivity contribution in [1.82, 2.24) is 14.5 Å². The van der Waals surface area contributed by atoms with E-state index in [1.165, 1.54) is 5.56 Å². The summed E-state index contributed by atoms with van der Waals surface area (Å²) < 4.78 is 6.94. The van der Waals surface area contributed by atoms with Crippen LogP contribution in [0.15, 0.2) is 77.6 Å². The number of ether oxygens (including phenoxy) is 1. The van der Waals surface area contributed by atoms with Crippen LogP contribution in [0.4, 0.5) is 0 Å². The number of unbranched alkanes of at least 4 members (excludes halogenated alkanes) is 1. The number of aryl methyl sites for hydroxylation is 2. The Labute approximate surface area is 224 Å². The number of nitrogens with zero attached hydrogens (tertiary/aromatic N) is 3. The van der Waals surface area contributed by atoms with Gasteiger partial charge in [0, 0.05) is 25.8 Å². The Kier molecular flexibility index (Phi) is 9.08. The zero-order valence-electron chi connectivity index (χ0n) is 22.8. The van der Waals surface area contributed by atoms with Crippen molar-refractivity contribution in [3.05, 3.63) is 106 Å². The molecule has 1 unspecified atom stereocenters. The maximum atomic E-state index is 13.9. The molecule has 6 heteroatoms. The van der Waals surface area contributed by atoms with Gasteiger partial charge in [-0.25, -0.2) is 4.98 Å². The Morgan fingerprint density at radius 2 is 1.71 bits per heavy atom. The van der Waals surface area contributed by atoms with Gasteiger partial charge in [0.15, 0.2) is 0 Å². The Morgan fingerprint density at radius 3 is 2.39 bits per heavy atom. The van der Waals surface area contributed by atoms with Crippen molar-refractivity contribution in [2.75, 3.05) is 20.3 Å². The lowest BCUT2D eigenvalue weighted by Gasteiger charge is -2.31. The van der Waals surface area contributed by atoms with E-state index in [1.807, 2.05) is 80.6 Å². The molecule has 0 aliphatic rings. The van der Waals surface area contributed by atoms with Crippen molar-refractivity contribution >= 4 is 16.8 Å². The van der Waals surface area contributed by atoms with Gasteiger partial charge in [-0.05, 0) is 75.1 Å². The first-order valence-corrected chi connectivity index (χ1v) is 13.4. The van der Waals surface area contributed by atoms with E-state index < -0.39 is 6.04 Å². The monoisotopic (exact) mass is 511 g/mol. The Hall–Kier alpha value is -3.77. The number of hydrogen-bond donors (Lipinski definition) is 0. The highest BCUT2D eigenvalue weighted by atomic mass is 16.5. The first-order valence-electron chi connectivity index (χ1n) is 13.4. The fraction of sp³-hybridized carbons (Fsp3) is 0.344. The third-order valence-corrected chi connectivity index (χ3v) is 6.96. The second-order valence-corrected chi connectivity index (χ2v) is 9.78. The van der Waals surface area contributed by atoms with E-state index in [2.05, 4.69) is 6.92 Å². The second-order valence-electron chi connectivity index (χ2n) is 9.78. The molecule has 1 atom stereocenters. The Balaban J connectivity index is 1.79. The number of amides is 1. The van der Waals surface area contributed by atoms with Crippen molar-refractivity contribution < 1.29 is 9.53 Å². The first kappa shape index (κ1) is 27.3. The number of carbonyl (C=O) groups is 1. The molecule has 1 heterocycles. The number of fused-ring (bicyclic) bond motifs is 1. The van der Waals surface area contributed by atoms with Crippen molar-refractivity contribution in [2.45, 2.75) is 52.5 Å². The lowest BCUT2D eigenvalue weighted by molar-refractivity contribution is 0.0657. The van der Waals surface area contributed by atoms with Crippen molar-refractivity contribution in [2.24, 2.45) is 0 Å². The van der Waals surface area contributed by atoms with E-state index in [1.54, 1.807) is 22.6 Å². The van der Waals surface area contributed by atoms with Gasteiger partial charge in [0.25, 0.3) is 11.5 Å². The average molecular weight is 512 g/mol.